The van der Waals surface area contributed by atoms with Crippen LogP contribution >= 0.6 is 0 Å². The molecule has 102 valence electrons. The molecule has 1 N–H and O–H groups in total. The van der Waals surface area contributed by atoms with Gasteiger partial charge in [0.2, 0.25) is 0 Å². The molecule has 0 radical (unpaired) electrons. The molecular weight excluding hydrogens is 238 g/mol. The summed E-state index contributed by atoms with van der Waals surface area (Å²) in [4.78, 5) is 2.15. The van der Waals surface area contributed by atoms with E-state index in [-0.39, 0.29) is 24.2 Å². The summed E-state index contributed by atoms with van der Waals surface area (Å²) in [6, 6.07) is 0.161. The van der Waals surface area contributed by atoms with Crippen molar-refractivity contribution in [3.05, 3.63) is 0 Å². The highest BCUT2D eigenvalue weighted by Crippen LogP contribution is 2.16. The zero-order chi connectivity index (χ0) is 12.7. The van der Waals surface area contributed by atoms with E-state index < -0.39 is 9.84 Å². The van der Waals surface area contributed by atoms with Crippen LogP contribution in [0.1, 0.15) is 39.0 Å². The fourth-order valence-electron chi connectivity index (χ4n) is 2.41. The van der Waals surface area contributed by atoms with Gasteiger partial charge < -0.3 is 5.11 Å². The molecule has 0 amide bonds. The monoisotopic (exact) mass is 263 g/mol. The van der Waals surface area contributed by atoms with Gasteiger partial charge in [0, 0.05) is 18.3 Å². The lowest BCUT2D eigenvalue weighted by Gasteiger charge is -2.28. The summed E-state index contributed by atoms with van der Waals surface area (Å²) in [5.41, 5.74) is 0. The second kappa shape index (κ2) is 7.34. The molecule has 0 aromatic rings. The zero-order valence-corrected chi connectivity index (χ0v) is 11.6. The number of sulfone groups is 1. The highest BCUT2D eigenvalue weighted by Gasteiger charge is 2.21. The van der Waals surface area contributed by atoms with Gasteiger partial charge in [0.1, 0.15) is 0 Å². The van der Waals surface area contributed by atoms with Crippen molar-refractivity contribution in [2.24, 2.45) is 0 Å². The third-order valence-corrected chi connectivity index (χ3v) is 5.25. The van der Waals surface area contributed by atoms with E-state index in [0.717, 1.165) is 25.8 Å². The summed E-state index contributed by atoms with van der Waals surface area (Å²) in [6.07, 6.45) is 5.12. The van der Waals surface area contributed by atoms with E-state index in [1.54, 1.807) is 0 Å². The first kappa shape index (κ1) is 14.9. The van der Waals surface area contributed by atoms with E-state index in [1.807, 2.05) is 6.92 Å². The lowest BCUT2D eigenvalue weighted by atomic mass is 10.1. The van der Waals surface area contributed by atoms with Gasteiger partial charge in [-0.05, 0) is 25.8 Å². The predicted molar refractivity (Wildman–Crippen MR) is 69.9 cm³/mol. The molecule has 0 spiro atoms. The first-order valence-electron chi connectivity index (χ1n) is 6.64. The second-order valence-electron chi connectivity index (χ2n) is 4.87. The smallest absolute Gasteiger partial charge is 0.151 e. The van der Waals surface area contributed by atoms with Gasteiger partial charge >= 0.3 is 0 Å². The fraction of sp³-hybridized carbons (Fsp3) is 1.00. The molecule has 1 aliphatic heterocycles. The quantitative estimate of drug-likeness (QED) is 0.778. The highest BCUT2D eigenvalue weighted by molar-refractivity contribution is 7.91. The van der Waals surface area contributed by atoms with Gasteiger partial charge in [0.25, 0.3) is 0 Å². The maximum atomic E-state index is 11.7. The highest BCUT2D eigenvalue weighted by atomic mass is 32.2. The van der Waals surface area contributed by atoms with Crippen molar-refractivity contribution in [3.8, 4) is 0 Å². The average Bonchev–Trinajstić information content (AvgIpc) is 2.51. The Morgan fingerprint density at radius 1 is 1.24 bits per heavy atom. The summed E-state index contributed by atoms with van der Waals surface area (Å²) in [5, 5.41) is 9.33. The van der Waals surface area contributed by atoms with Gasteiger partial charge in [-0.1, -0.05) is 19.8 Å². The molecule has 1 atom stereocenters. The van der Waals surface area contributed by atoms with Gasteiger partial charge in [-0.3, -0.25) is 4.90 Å². The molecule has 0 aromatic carbocycles. The lowest BCUT2D eigenvalue weighted by molar-refractivity contribution is 0.130. The van der Waals surface area contributed by atoms with Crippen LogP contribution in [0.15, 0.2) is 0 Å². The van der Waals surface area contributed by atoms with Crippen molar-refractivity contribution in [3.63, 3.8) is 0 Å². The Hall–Kier alpha value is -0.130. The van der Waals surface area contributed by atoms with Crippen LogP contribution in [-0.4, -0.2) is 55.7 Å². The molecule has 1 unspecified atom stereocenters. The number of nitrogens with zero attached hydrogens (tertiary/aromatic N) is 1. The van der Waals surface area contributed by atoms with Crippen LogP contribution in [0.2, 0.25) is 0 Å². The van der Waals surface area contributed by atoms with E-state index >= 15 is 0 Å². The summed E-state index contributed by atoms with van der Waals surface area (Å²) in [6.45, 7) is 3.54. The van der Waals surface area contributed by atoms with E-state index in [4.69, 9.17) is 0 Å². The Balaban J connectivity index is 2.47. The molecule has 1 fully saturated rings. The lowest BCUT2D eigenvalue weighted by Crippen LogP contribution is -2.40. The van der Waals surface area contributed by atoms with E-state index in [0.29, 0.717) is 13.0 Å². The molecule has 1 heterocycles. The number of rotatable bonds is 6. The van der Waals surface area contributed by atoms with Crippen LogP contribution in [-0.2, 0) is 9.84 Å². The molecule has 1 saturated heterocycles. The number of aliphatic hydroxyl groups excluding tert-OH is 1. The summed E-state index contributed by atoms with van der Waals surface area (Å²) >= 11 is 0. The number of aliphatic hydroxyl groups is 1. The Morgan fingerprint density at radius 2 is 2.00 bits per heavy atom. The Kier molecular flexibility index (Phi) is 6.44. The first-order chi connectivity index (χ1) is 8.09. The summed E-state index contributed by atoms with van der Waals surface area (Å²) < 4.78 is 23.3. The molecule has 0 bridgehead atoms. The van der Waals surface area contributed by atoms with Crippen molar-refractivity contribution >= 4 is 9.84 Å². The molecule has 17 heavy (non-hydrogen) atoms. The van der Waals surface area contributed by atoms with E-state index in [2.05, 4.69) is 4.90 Å². The minimum atomic E-state index is -2.90. The first-order valence-corrected chi connectivity index (χ1v) is 8.46. The van der Waals surface area contributed by atoms with Crippen molar-refractivity contribution in [2.75, 3.05) is 31.2 Å². The van der Waals surface area contributed by atoms with Crippen LogP contribution in [0.25, 0.3) is 0 Å². The van der Waals surface area contributed by atoms with Crippen LogP contribution in [0.5, 0.6) is 0 Å². The number of hydrogen-bond donors (Lipinski definition) is 1. The molecule has 1 rings (SSSR count). The average molecular weight is 263 g/mol. The van der Waals surface area contributed by atoms with Gasteiger partial charge in [-0.25, -0.2) is 8.42 Å². The van der Waals surface area contributed by atoms with E-state index in [1.165, 1.54) is 6.42 Å². The molecule has 4 nitrogen and oxygen atoms in total. The van der Waals surface area contributed by atoms with Crippen LogP contribution in [0.4, 0.5) is 0 Å². The Bertz CT molecular complexity index is 303. The second-order valence-corrected chi connectivity index (χ2v) is 7.18. The molecular formula is C12H25NO3S. The van der Waals surface area contributed by atoms with E-state index in [9.17, 15) is 13.5 Å². The number of hydrogen-bond acceptors (Lipinski definition) is 4. The van der Waals surface area contributed by atoms with Crippen molar-refractivity contribution in [2.45, 2.75) is 45.1 Å². The molecule has 0 aliphatic carbocycles. The summed E-state index contributed by atoms with van der Waals surface area (Å²) in [5.74, 6) is 0.516. The fourth-order valence-corrected chi connectivity index (χ4v) is 3.75. The largest absolute Gasteiger partial charge is 0.395 e. The third-order valence-electron chi connectivity index (χ3n) is 3.41. The topological polar surface area (TPSA) is 57.6 Å². The van der Waals surface area contributed by atoms with Crippen LogP contribution < -0.4 is 0 Å². The van der Waals surface area contributed by atoms with Crippen molar-refractivity contribution in [1.82, 2.24) is 4.90 Å². The zero-order valence-electron chi connectivity index (χ0n) is 10.8. The normalized spacial score (nSPS) is 23.5. The van der Waals surface area contributed by atoms with Crippen molar-refractivity contribution in [1.29, 1.82) is 0 Å². The number of likely N-dealkylation sites (tertiary alicyclic amines) is 1. The summed E-state index contributed by atoms with van der Waals surface area (Å²) in [7, 11) is -2.90. The third kappa shape index (κ3) is 5.36. The predicted octanol–water partition coefficient (Wildman–Crippen LogP) is 1.05. The van der Waals surface area contributed by atoms with Gasteiger partial charge in [-0.2, -0.15) is 0 Å². The maximum Gasteiger partial charge on any atom is 0.151 e. The standard InChI is InChI=1S/C12H25NO3S/c1-2-9-17(15,16)10-8-13-7-5-3-4-6-12(13)11-14/h12,14H,2-11H2,1H3. The van der Waals surface area contributed by atoms with Gasteiger partial charge in [0.05, 0.1) is 12.4 Å². The van der Waals surface area contributed by atoms with Crippen LogP contribution in [0.3, 0.4) is 0 Å². The minimum absolute atomic E-state index is 0.147. The van der Waals surface area contributed by atoms with Gasteiger partial charge in [0.15, 0.2) is 9.84 Å². The SMILES string of the molecule is CCCS(=O)(=O)CCN1CCCCCC1CO. The Labute approximate surface area is 105 Å². The van der Waals surface area contributed by atoms with Gasteiger partial charge in [-0.15, -0.1) is 0 Å². The Morgan fingerprint density at radius 3 is 2.65 bits per heavy atom. The molecule has 5 heteroatoms. The minimum Gasteiger partial charge on any atom is -0.395 e. The van der Waals surface area contributed by atoms with Crippen molar-refractivity contribution < 1.29 is 13.5 Å². The molecule has 0 aromatic heterocycles. The molecule has 0 saturated carbocycles. The van der Waals surface area contributed by atoms with Crippen LogP contribution in [0, 0.1) is 0 Å². The maximum absolute atomic E-state index is 11.7. The molecule has 1 aliphatic rings.